The minimum atomic E-state index is -0.303. The molecule has 0 radical (unpaired) electrons. The molecule has 4 rings (SSSR count). The molecule has 2 heterocycles. The second-order valence-corrected chi connectivity index (χ2v) is 8.53. The molecule has 9 heteroatoms. The Bertz CT molecular complexity index is 1040. The number of nitrogens with zero attached hydrogens (tertiary/aromatic N) is 3. The molecule has 0 spiro atoms. The number of aliphatic hydroxyl groups excluding tert-OH is 1. The highest BCUT2D eigenvalue weighted by Gasteiger charge is 2.22. The maximum atomic E-state index is 12.4. The van der Waals surface area contributed by atoms with Gasteiger partial charge in [0.25, 0.3) is 0 Å². The van der Waals surface area contributed by atoms with Crippen LogP contribution in [0.5, 0.6) is 0 Å². The van der Waals surface area contributed by atoms with Crippen molar-refractivity contribution in [2.24, 2.45) is 0 Å². The highest BCUT2D eigenvalue weighted by atomic mass is 32.2. The third-order valence-electron chi connectivity index (χ3n) is 4.62. The Hall–Kier alpha value is -2.23. The maximum Gasteiger partial charge on any atom is 0.348 e. The number of rotatable bonds is 7. The monoisotopic (exact) mass is 416 g/mol. The lowest BCUT2D eigenvalue weighted by Gasteiger charge is -2.13. The van der Waals surface area contributed by atoms with E-state index in [1.165, 1.54) is 23.1 Å². The molecule has 28 heavy (non-hydrogen) atoms. The van der Waals surface area contributed by atoms with E-state index in [0.717, 1.165) is 40.7 Å². The Morgan fingerprint density at radius 2 is 2.14 bits per heavy atom. The third kappa shape index (κ3) is 3.96. The van der Waals surface area contributed by atoms with Crippen LogP contribution in [0.4, 0.5) is 5.13 Å². The van der Waals surface area contributed by atoms with Crippen molar-refractivity contribution in [2.75, 3.05) is 17.7 Å². The van der Waals surface area contributed by atoms with Crippen LogP contribution in [0.25, 0.3) is 10.2 Å². The van der Waals surface area contributed by atoms with Crippen molar-refractivity contribution in [1.82, 2.24) is 14.5 Å². The topological polar surface area (TPSA) is 97.1 Å². The fourth-order valence-electron chi connectivity index (χ4n) is 3.38. The van der Waals surface area contributed by atoms with Crippen LogP contribution in [-0.4, -0.2) is 37.9 Å². The van der Waals surface area contributed by atoms with E-state index in [0.29, 0.717) is 23.1 Å². The first-order valence-corrected chi connectivity index (χ1v) is 11.0. The second-order valence-electron chi connectivity index (χ2n) is 6.53. The van der Waals surface area contributed by atoms with Crippen molar-refractivity contribution in [1.29, 1.82) is 0 Å². The molecule has 0 bridgehead atoms. The SMILES string of the molecule is O=C(CSc1nc(=O)n(CCCO)c2c1CCC2)Nc1nc2ccccc2s1. The van der Waals surface area contributed by atoms with Gasteiger partial charge >= 0.3 is 5.69 Å². The summed E-state index contributed by atoms with van der Waals surface area (Å²) in [7, 11) is 0. The zero-order valence-corrected chi connectivity index (χ0v) is 16.8. The smallest absolute Gasteiger partial charge is 0.348 e. The zero-order chi connectivity index (χ0) is 19.5. The van der Waals surface area contributed by atoms with Crippen LogP contribution >= 0.6 is 23.1 Å². The lowest BCUT2D eigenvalue weighted by atomic mass is 10.2. The van der Waals surface area contributed by atoms with Gasteiger partial charge < -0.3 is 10.4 Å². The molecule has 0 fully saturated rings. The molecule has 0 atom stereocenters. The van der Waals surface area contributed by atoms with Gasteiger partial charge in [0.2, 0.25) is 5.91 Å². The van der Waals surface area contributed by atoms with Gasteiger partial charge in [-0.2, -0.15) is 4.98 Å². The Morgan fingerprint density at radius 3 is 2.96 bits per heavy atom. The molecule has 146 valence electrons. The normalized spacial score (nSPS) is 13.0. The lowest BCUT2D eigenvalue weighted by molar-refractivity contribution is -0.113. The predicted molar refractivity (Wildman–Crippen MR) is 111 cm³/mol. The number of carbonyl (C=O) groups excluding carboxylic acids is 1. The van der Waals surface area contributed by atoms with Crippen molar-refractivity contribution in [3.63, 3.8) is 0 Å². The van der Waals surface area contributed by atoms with Crippen molar-refractivity contribution < 1.29 is 9.90 Å². The molecule has 7 nitrogen and oxygen atoms in total. The van der Waals surface area contributed by atoms with E-state index >= 15 is 0 Å². The number of anilines is 1. The first-order valence-electron chi connectivity index (χ1n) is 9.17. The number of hydrogen-bond acceptors (Lipinski definition) is 7. The number of aromatic nitrogens is 3. The van der Waals surface area contributed by atoms with Gasteiger partial charge in [0.15, 0.2) is 5.13 Å². The van der Waals surface area contributed by atoms with Crippen LogP contribution in [0, 0.1) is 0 Å². The van der Waals surface area contributed by atoms with Crippen molar-refractivity contribution in [3.05, 3.63) is 46.0 Å². The van der Waals surface area contributed by atoms with E-state index in [2.05, 4.69) is 15.3 Å². The van der Waals surface area contributed by atoms with Crippen molar-refractivity contribution in [3.8, 4) is 0 Å². The molecular formula is C19H20N4O3S2. The first-order chi connectivity index (χ1) is 13.7. The summed E-state index contributed by atoms with van der Waals surface area (Å²) < 4.78 is 2.69. The zero-order valence-electron chi connectivity index (χ0n) is 15.2. The van der Waals surface area contributed by atoms with Crippen LogP contribution in [0.2, 0.25) is 0 Å². The van der Waals surface area contributed by atoms with Crippen LogP contribution in [0.3, 0.4) is 0 Å². The van der Waals surface area contributed by atoms with E-state index in [9.17, 15) is 9.59 Å². The standard InChI is InChI=1S/C19H20N4O3S2/c24-10-4-9-23-14-7-3-5-12(14)17(22-19(23)26)27-11-16(25)21-18-20-13-6-1-2-8-15(13)28-18/h1-2,6,8,24H,3-5,7,9-11H2,(H,20,21,25). The number of fused-ring (bicyclic) bond motifs is 2. The minimum absolute atomic E-state index is 0.0453. The number of para-hydroxylation sites is 1. The summed E-state index contributed by atoms with van der Waals surface area (Å²) in [5, 5.41) is 13.1. The molecule has 3 aromatic rings. The van der Waals surface area contributed by atoms with Gasteiger partial charge in [0.1, 0.15) is 5.03 Å². The van der Waals surface area contributed by atoms with E-state index in [-0.39, 0.29) is 24.0 Å². The number of nitrogens with one attached hydrogen (secondary N) is 1. The van der Waals surface area contributed by atoms with Crippen molar-refractivity contribution in [2.45, 2.75) is 37.3 Å². The number of amides is 1. The molecule has 0 aliphatic heterocycles. The molecule has 1 aromatic carbocycles. The summed E-state index contributed by atoms with van der Waals surface area (Å²) in [6, 6.07) is 7.74. The summed E-state index contributed by atoms with van der Waals surface area (Å²) in [5.74, 6) is 0.0113. The summed E-state index contributed by atoms with van der Waals surface area (Å²) in [6.07, 6.45) is 3.21. The average Bonchev–Trinajstić information content (AvgIpc) is 3.32. The number of benzene rings is 1. The molecule has 1 aliphatic carbocycles. The number of thiazole rings is 1. The Morgan fingerprint density at radius 1 is 1.29 bits per heavy atom. The van der Waals surface area contributed by atoms with Gasteiger partial charge in [0, 0.05) is 24.4 Å². The predicted octanol–water partition coefficient (Wildman–Crippen LogP) is 2.45. The Balaban J connectivity index is 1.45. The van der Waals surface area contributed by atoms with E-state index in [4.69, 9.17) is 5.11 Å². The number of aliphatic hydroxyl groups is 1. The molecule has 0 saturated carbocycles. The van der Waals surface area contributed by atoms with Crippen LogP contribution in [0.15, 0.2) is 34.1 Å². The van der Waals surface area contributed by atoms with Gasteiger partial charge in [-0.15, -0.1) is 0 Å². The fraction of sp³-hybridized carbons (Fsp3) is 0.368. The van der Waals surface area contributed by atoms with Gasteiger partial charge in [0.05, 0.1) is 16.0 Å². The van der Waals surface area contributed by atoms with Crippen molar-refractivity contribution >= 4 is 44.4 Å². The van der Waals surface area contributed by atoms with Gasteiger partial charge in [-0.3, -0.25) is 9.36 Å². The average molecular weight is 417 g/mol. The van der Waals surface area contributed by atoms with Gasteiger partial charge in [-0.25, -0.2) is 9.78 Å². The van der Waals surface area contributed by atoms with Gasteiger partial charge in [-0.05, 0) is 37.8 Å². The molecule has 1 amide bonds. The quantitative estimate of drug-likeness (QED) is 0.454. The van der Waals surface area contributed by atoms with E-state index in [1.54, 1.807) is 4.57 Å². The fourth-order valence-corrected chi connectivity index (χ4v) is 5.14. The summed E-state index contributed by atoms with van der Waals surface area (Å²) >= 11 is 2.74. The van der Waals surface area contributed by atoms with Crippen LogP contribution in [-0.2, 0) is 24.2 Å². The van der Waals surface area contributed by atoms with E-state index in [1.807, 2.05) is 24.3 Å². The molecule has 2 aromatic heterocycles. The Labute approximate surface area is 169 Å². The van der Waals surface area contributed by atoms with Gasteiger partial charge in [-0.1, -0.05) is 35.2 Å². The third-order valence-corrected chi connectivity index (χ3v) is 6.59. The second kappa shape index (κ2) is 8.42. The first kappa shape index (κ1) is 19.1. The number of carbonyl (C=O) groups is 1. The minimum Gasteiger partial charge on any atom is -0.396 e. The highest BCUT2D eigenvalue weighted by Crippen LogP contribution is 2.30. The van der Waals surface area contributed by atoms with Crippen LogP contribution in [0.1, 0.15) is 24.1 Å². The number of hydrogen-bond donors (Lipinski definition) is 2. The molecule has 0 unspecified atom stereocenters. The maximum absolute atomic E-state index is 12.4. The lowest BCUT2D eigenvalue weighted by Crippen LogP contribution is -2.28. The largest absolute Gasteiger partial charge is 0.396 e. The number of thioether (sulfide) groups is 1. The van der Waals surface area contributed by atoms with Crippen LogP contribution < -0.4 is 11.0 Å². The molecule has 1 aliphatic rings. The summed E-state index contributed by atoms with van der Waals surface area (Å²) in [4.78, 5) is 33.4. The van der Waals surface area contributed by atoms with E-state index < -0.39 is 0 Å². The molecule has 0 saturated heterocycles. The summed E-state index contributed by atoms with van der Waals surface area (Å²) in [6.45, 7) is 0.525. The Kier molecular flexibility index (Phi) is 5.74. The molecule has 2 N–H and O–H groups in total. The molecular weight excluding hydrogens is 396 g/mol. The highest BCUT2D eigenvalue weighted by molar-refractivity contribution is 8.00. The summed E-state index contributed by atoms with van der Waals surface area (Å²) in [5.41, 5.74) is 2.63.